The van der Waals surface area contributed by atoms with Gasteiger partial charge < -0.3 is 10.2 Å². The van der Waals surface area contributed by atoms with Crippen LogP contribution in [0.5, 0.6) is 0 Å². The summed E-state index contributed by atoms with van der Waals surface area (Å²) in [6.45, 7) is 5.12. The van der Waals surface area contributed by atoms with Gasteiger partial charge in [-0.25, -0.2) is 0 Å². The molecule has 0 aromatic heterocycles. The third-order valence-electron chi connectivity index (χ3n) is 4.15. The minimum absolute atomic E-state index is 0.351. The molecule has 0 aromatic rings. The van der Waals surface area contributed by atoms with Gasteiger partial charge in [0.05, 0.1) is 0 Å². The molecular formula is C17H36O2. The van der Waals surface area contributed by atoms with E-state index in [1.165, 1.54) is 64.2 Å². The third-order valence-corrected chi connectivity index (χ3v) is 4.15. The van der Waals surface area contributed by atoms with Crippen LogP contribution in [0, 0.1) is 11.8 Å². The maximum Gasteiger partial charge on any atom is 0.0459 e. The molecule has 0 saturated carbocycles. The monoisotopic (exact) mass is 272 g/mol. The summed E-state index contributed by atoms with van der Waals surface area (Å²) in [5.41, 5.74) is 0. The van der Waals surface area contributed by atoms with Crippen LogP contribution in [0.1, 0.15) is 84.5 Å². The molecule has 0 heterocycles. The second-order valence-electron chi connectivity index (χ2n) is 6.02. The Kier molecular flexibility index (Phi) is 14.3. The molecule has 0 aromatic carbocycles. The van der Waals surface area contributed by atoms with E-state index in [1.54, 1.807) is 0 Å². The van der Waals surface area contributed by atoms with E-state index in [4.69, 9.17) is 0 Å². The molecule has 2 unspecified atom stereocenters. The van der Waals surface area contributed by atoms with E-state index in [9.17, 15) is 10.2 Å². The highest BCUT2D eigenvalue weighted by Crippen LogP contribution is 2.19. The van der Waals surface area contributed by atoms with Crippen LogP contribution >= 0.6 is 0 Å². The summed E-state index contributed by atoms with van der Waals surface area (Å²) in [4.78, 5) is 0. The van der Waals surface area contributed by atoms with Gasteiger partial charge in [-0.15, -0.1) is 0 Å². The summed E-state index contributed by atoms with van der Waals surface area (Å²) >= 11 is 0. The van der Waals surface area contributed by atoms with E-state index in [-0.39, 0.29) is 0 Å². The Morgan fingerprint density at radius 3 is 1.47 bits per heavy atom. The molecule has 0 fully saturated rings. The van der Waals surface area contributed by atoms with Gasteiger partial charge in [-0.05, 0) is 37.5 Å². The molecule has 0 saturated heterocycles. The Hall–Kier alpha value is -0.0800. The smallest absolute Gasteiger partial charge is 0.0459 e. The Bertz CT molecular complexity index is 171. The molecule has 0 aliphatic heterocycles. The number of rotatable bonds is 14. The first-order valence-electron chi connectivity index (χ1n) is 8.50. The van der Waals surface area contributed by atoms with Crippen molar-refractivity contribution < 1.29 is 10.2 Å². The minimum atomic E-state index is 0.351. The van der Waals surface area contributed by atoms with Crippen molar-refractivity contribution in [2.24, 2.45) is 11.8 Å². The van der Waals surface area contributed by atoms with Crippen LogP contribution in [-0.4, -0.2) is 23.4 Å². The Morgan fingerprint density at radius 1 is 0.579 bits per heavy atom. The number of hydrogen-bond donors (Lipinski definition) is 2. The van der Waals surface area contributed by atoms with Crippen LogP contribution in [0.2, 0.25) is 0 Å². The number of aliphatic hydroxyl groups excluding tert-OH is 2. The number of unbranched alkanes of at least 4 members (excludes halogenated alkanes) is 4. The van der Waals surface area contributed by atoms with Crippen molar-refractivity contribution in [1.29, 1.82) is 0 Å². The Morgan fingerprint density at radius 2 is 1.05 bits per heavy atom. The van der Waals surface area contributed by atoms with E-state index >= 15 is 0 Å². The van der Waals surface area contributed by atoms with E-state index in [0.29, 0.717) is 25.0 Å². The fraction of sp³-hybridized carbons (Fsp3) is 1.00. The number of hydrogen-bond acceptors (Lipinski definition) is 2. The summed E-state index contributed by atoms with van der Waals surface area (Å²) in [5, 5.41) is 18.6. The lowest BCUT2D eigenvalue weighted by Crippen LogP contribution is -2.07. The zero-order valence-electron chi connectivity index (χ0n) is 13.2. The zero-order valence-corrected chi connectivity index (χ0v) is 13.2. The van der Waals surface area contributed by atoms with Gasteiger partial charge in [-0.3, -0.25) is 0 Å². The zero-order chi connectivity index (χ0) is 14.3. The fourth-order valence-electron chi connectivity index (χ4n) is 2.79. The van der Waals surface area contributed by atoms with Gasteiger partial charge in [-0.1, -0.05) is 58.8 Å². The van der Waals surface area contributed by atoms with Gasteiger partial charge in [0.1, 0.15) is 0 Å². The standard InChI is InChI=1S/C17H36O2/c1-3-5-7-11-17(15-19)13-9-6-8-12-16(14-18)10-4-2/h16-19H,3-15H2,1-2H3. The summed E-state index contributed by atoms with van der Waals surface area (Å²) in [5.74, 6) is 1.04. The molecule has 2 atom stereocenters. The second-order valence-corrected chi connectivity index (χ2v) is 6.02. The van der Waals surface area contributed by atoms with E-state index in [2.05, 4.69) is 13.8 Å². The van der Waals surface area contributed by atoms with Crippen LogP contribution in [0.3, 0.4) is 0 Å². The van der Waals surface area contributed by atoms with Crippen molar-refractivity contribution in [1.82, 2.24) is 0 Å². The van der Waals surface area contributed by atoms with Gasteiger partial charge in [0, 0.05) is 13.2 Å². The molecular weight excluding hydrogens is 236 g/mol. The van der Waals surface area contributed by atoms with Gasteiger partial charge >= 0.3 is 0 Å². The van der Waals surface area contributed by atoms with Gasteiger partial charge in [0.15, 0.2) is 0 Å². The molecule has 0 aliphatic rings. The molecule has 0 aliphatic carbocycles. The summed E-state index contributed by atoms with van der Waals surface area (Å²) in [7, 11) is 0. The molecule has 0 spiro atoms. The van der Waals surface area contributed by atoms with Crippen LogP contribution in [-0.2, 0) is 0 Å². The minimum Gasteiger partial charge on any atom is -0.396 e. The van der Waals surface area contributed by atoms with Crippen molar-refractivity contribution >= 4 is 0 Å². The summed E-state index contributed by atoms with van der Waals surface area (Å²) in [6.07, 6.45) is 13.4. The molecule has 0 rings (SSSR count). The highest BCUT2D eigenvalue weighted by molar-refractivity contribution is 4.61. The highest BCUT2D eigenvalue weighted by Gasteiger charge is 2.08. The van der Waals surface area contributed by atoms with Crippen molar-refractivity contribution in [2.45, 2.75) is 84.5 Å². The Balaban J connectivity index is 3.48. The van der Waals surface area contributed by atoms with Crippen LogP contribution in [0.25, 0.3) is 0 Å². The Labute approximate surface area is 120 Å². The maximum absolute atomic E-state index is 9.35. The third kappa shape index (κ3) is 11.4. The SMILES string of the molecule is CCCCCC(CO)CCCCCC(CO)CCC. The fourth-order valence-corrected chi connectivity index (χ4v) is 2.79. The lowest BCUT2D eigenvalue weighted by Gasteiger charge is -2.15. The van der Waals surface area contributed by atoms with E-state index < -0.39 is 0 Å². The largest absolute Gasteiger partial charge is 0.396 e. The molecule has 2 N–H and O–H groups in total. The normalized spacial score (nSPS) is 14.5. The molecule has 0 radical (unpaired) electrons. The first-order chi connectivity index (χ1) is 9.28. The molecule has 0 bridgehead atoms. The molecule has 2 nitrogen and oxygen atoms in total. The highest BCUT2D eigenvalue weighted by atomic mass is 16.3. The molecule has 19 heavy (non-hydrogen) atoms. The van der Waals surface area contributed by atoms with Crippen LogP contribution in [0.15, 0.2) is 0 Å². The average Bonchev–Trinajstić information content (AvgIpc) is 2.44. The quantitative estimate of drug-likeness (QED) is 0.456. The lowest BCUT2D eigenvalue weighted by molar-refractivity contribution is 0.198. The second kappa shape index (κ2) is 14.3. The number of aliphatic hydroxyl groups is 2. The van der Waals surface area contributed by atoms with Crippen molar-refractivity contribution in [3.63, 3.8) is 0 Å². The molecule has 0 amide bonds. The van der Waals surface area contributed by atoms with Crippen LogP contribution in [0.4, 0.5) is 0 Å². The maximum atomic E-state index is 9.35. The van der Waals surface area contributed by atoms with Gasteiger partial charge in [0.2, 0.25) is 0 Å². The van der Waals surface area contributed by atoms with Gasteiger partial charge in [-0.2, -0.15) is 0 Å². The predicted molar refractivity (Wildman–Crippen MR) is 83.3 cm³/mol. The average molecular weight is 272 g/mol. The lowest BCUT2D eigenvalue weighted by atomic mass is 9.93. The van der Waals surface area contributed by atoms with E-state index in [1.807, 2.05) is 0 Å². The van der Waals surface area contributed by atoms with Gasteiger partial charge in [0.25, 0.3) is 0 Å². The molecule has 2 heteroatoms. The first kappa shape index (κ1) is 18.9. The molecule has 116 valence electrons. The topological polar surface area (TPSA) is 40.5 Å². The van der Waals surface area contributed by atoms with Crippen molar-refractivity contribution in [2.75, 3.05) is 13.2 Å². The first-order valence-corrected chi connectivity index (χ1v) is 8.50. The summed E-state index contributed by atoms with van der Waals surface area (Å²) in [6, 6.07) is 0. The predicted octanol–water partition coefficient (Wildman–Crippen LogP) is 4.53. The van der Waals surface area contributed by atoms with E-state index in [0.717, 1.165) is 6.42 Å². The van der Waals surface area contributed by atoms with Crippen LogP contribution < -0.4 is 0 Å². The van der Waals surface area contributed by atoms with Crippen molar-refractivity contribution in [3.8, 4) is 0 Å². The summed E-state index contributed by atoms with van der Waals surface area (Å²) < 4.78 is 0. The van der Waals surface area contributed by atoms with Crippen molar-refractivity contribution in [3.05, 3.63) is 0 Å².